The molecule has 0 saturated carbocycles. The summed E-state index contributed by atoms with van der Waals surface area (Å²) in [4.78, 5) is 29.3. The zero-order valence-electron chi connectivity index (χ0n) is 16.3. The van der Waals surface area contributed by atoms with E-state index in [-0.39, 0.29) is 11.8 Å². The van der Waals surface area contributed by atoms with E-state index in [4.69, 9.17) is 23.2 Å². The molecule has 3 rings (SSSR count). The fourth-order valence-corrected chi connectivity index (χ4v) is 4.36. The summed E-state index contributed by atoms with van der Waals surface area (Å²) < 4.78 is 0. The van der Waals surface area contributed by atoms with Crippen molar-refractivity contribution in [2.24, 2.45) is 5.92 Å². The molecule has 1 aromatic carbocycles. The minimum atomic E-state index is -0.0769. The number of hydrogen-bond acceptors (Lipinski definition) is 3. The maximum Gasteiger partial charge on any atom is 0.225 e. The molecule has 2 aliphatic heterocycles. The van der Waals surface area contributed by atoms with Gasteiger partial charge in [0.2, 0.25) is 11.8 Å². The second-order valence-electron chi connectivity index (χ2n) is 7.78. The van der Waals surface area contributed by atoms with Gasteiger partial charge in [-0.1, -0.05) is 36.0 Å². The number of amides is 2. The van der Waals surface area contributed by atoms with Crippen LogP contribution in [0.2, 0.25) is 10.0 Å². The summed E-state index contributed by atoms with van der Waals surface area (Å²) in [7, 11) is 0. The molecule has 1 aromatic rings. The Hall–Kier alpha value is -1.30. The van der Waals surface area contributed by atoms with E-state index in [1.807, 2.05) is 0 Å². The Kier molecular flexibility index (Phi) is 8.00. The fraction of sp³-hybridized carbons (Fsp3) is 0.619. The van der Waals surface area contributed by atoms with Crippen molar-refractivity contribution in [3.63, 3.8) is 0 Å². The largest absolute Gasteiger partial charge is 0.342 e. The number of hydrogen-bond donors (Lipinski definition) is 1. The Morgan fingerprint density at radius 1 is 1.00 bits per heavy atom. The average molecular weight is 426 g/mol. The molecule has 7 heteroatoms. The van der Waals surface area contributed by atoms with Crippen molar-refractivity contribution in [1.82, 2.24) is 9.80 Å². The Balaban J connectivity index is 1.40. The fourth-order valence-electron chi connectivity index (χ4n) is 4.02. The molecule has 2 heterocycles. The Bertz CT molecular complexity index is 682. The van der Waals surface area contributed by atoms with Gasteiger partial charge in [0.15, 0.2) is 0 Å². The van der Waals surface area contributed by atoms with Gasteiger partial charge in [0, 0.05) is 37.0 Å². The predicted octanol–water partition coefficient (Wildman–Crippen LogP) is 4.44. The molecule has 0 aliphatic carbocycles. The van der Waals surface area contributed by atoms with E-state index < -0.39 is 0 Å². The lowest BCUT2D eigenvalue weighted by Gasteiger charge is -2.33. The third-order valence-corrected chi connectivity index (χ3v) is 6.28. The second kappa shape index (κ2) is 10.5. The first-order chi connectivity index (χ1) is 13.5. The SMILES string of the molecule is O=C(CCN1CCC(C(=O)N2CCCCCC2)CC1)Nc1cc(Cl)ccc1Cl. The number of anilines is 1. The number of carbonyl (C=O) groups excluding carboxylic acids is 2. The van der Waals surface area contributed by atoms with E-state index in [0.717, 1.165) is 51.9 Å². The summed E-state index contributed by atoms with van der Waals surface area (Å²) >= 11 is 12.0. The predicted molar refractivity (Wildman–Crippen MR) is 114 cm³/mol. The second-order valence-corrected chi connectivity index (χ2v) is 8.62. The van der Waals surface area contributed by atoms with Crippen LogP contribution in [0.4, 0.5) is 5.69 Å². The lowest BCUT2D eigenvalue weighted by atomic mass is 9.95. The molecule has 2 aliphatic rings. The summed E-state index contributed by atoms with van der Waals surface area (Å²) in [5, 5.41) is 3.84. The van der Waals surface area contributed by atoms with Gasteiger partial charge < -0.3 is 15.1 Å². The first kappa shape index (κ1) is 21.4. The summed E-state index contributed by atoms with van der Waals surface area (Å²) in [6.45, 7) is 4.27. The molecule has 0 radical (unpaired) electrons. The monoisotopic (exact) mass is 425 g/mol. The highest BCUT2D eigenvalue weighted by Gasteiger charge is 2.28. The van der Waals surface area contributed by atoms with Gasteiger partial charge in [-0.2, -0.15) is 0 Å². The van der Waals surface area contributed by atoms with Gasteiger partial charge >= 0.3 is 0 Å². The van der Waals surface area contributed by atoms with Gasteiger partial charge in [0.05, 0.1) is 10.7 Å². The topological polar surface area (TPSA) is 52.7 Å². The van der Waals surface area contributed by atoms with E-state index >= 15 is 0 Å². The van der Waals surface area contributed by atoms with E-state index in [2.05, 4.69) is 15.1 Å². The molecule has 1 N–H and O–H groups in total. The average Bonchev–Trinajstić information content (AvgIpc) is 2.98. The third-order valence-electron chi connectivity index (χ3n) is 5.71. The molecule has 154 valence electrons. The van der Waals surface area contributed by atoms with E-state index in [0.29, 0.717) is 34.6 Å². The van der Waals surface area contributed by atoms with E-state index in [1.165, 1.54) is 12.8 Å². The first-order valence-electron chi connectivity index (χ1n) is 10.3. The molecule has 28 heavy (non-hydrogen) atoms. The summed E-state index contributed by atoms with van der Waals surface area (Å²) in [6, 6.07) is 5.02. The Labute approximate surface area is 177 Å². The molecule has 2 saturated heterocycles. The molecular formula is C21H29Cl2N3O2. The van der Waals surface area contributed by atoms with Crippen LogP contribution in [-0.2, 0) is 9.59 Å². The molecule has 0 spiro atoms. The van der Waals surface area contributed by atoms with Crippen LogP contribution in [-0.4, -0.2) is 54.3 Å². The van der Waals surface area contributed by atoms with Crippen LogP contribution < -0.4 is 5.32 Å². The minimum Gasteiger partial charge on any atom is -0.342 e. The molecule has 0 bridgehead atoms. The third kappa shape index (κ3) is 6.10. The molecule has 2 fully saturated rings. The highest BCUT2D eigenvalue weighted by atomic mass is 35.5. The van der Waals surface area contributed by atoms with Crippen molar-refractivity contribution in [2.75, 3.05) is 38.0 Å². The number of rotatable bonds is 5. The number of halogens is 2. The molecule has 0 atom stereocenters. The van der Waals surface area contributed by atoms with Crippen molar-refractivity contribution in [3.05, 3.63) is 28.2 Å². The molecule has 5 nitrogen and oxygen atoms in total. The summed E-state index contributed by atoms with van der Waals surface area (Å²) in [6.07, 6.45) is 6.92. The molecular weight excluding hydrogens is 397 g/mol. The maximum absolute atomic E-state index is 12.8. The molecule has 0 unspecified atom stereocenters. The summed E-state index contributed by atoms with van der Waals surface area (Å²) in [5.74, 6) is 0.412. The van der Waals surface area contributed by atoms with E-state index in [1.54, 1.807) is 18.2 Å². The van der Waals surface area contributed by atoms with Gasteiger partial charge in [0.1, 0.15) is 0 Å². The van der Waals surface area contributed by atoms with Crippen LogP contribution in [0.3, 0.4) is 0 Å². The molecule has 2 amide bonds. The highest BCUT2D eigenvalue weighted by molar-refractivity contribution is 6.35. The van der Waals surface area contributed by atoms with Crippen molar-refractivity contribution in [1.29, 1.82) is 0 Å². The van der Waals surface area contributed by atoms with E-state index in [9.17, 15) is 9.59 Å². The normalized spacial score (nSPS) is 19.3. The van der Waals surface area contributed by atoms with Crippen molar-refractivity contribution in [2.45, 2.75) is 44.9 Å². The minimum absolute atomic E-state index is 0.0769. The zero-order chi connectivity index (χ0) is 19.9. The van der Waals surface area contributed by atoms with Crippen LogP contribution in [0.15, 0.2) is 18.2 Å². The van der Waals surface area contributed by atoms with Gasteiger partial charge in [-0.05, 0) is 57.0 Å². The van der Waals surface area contributed by atoms with Crippen LogP contribution in [0, 0.1) is 5.92 Å². The first-order valence-corrected chi connectivity index (χ1v) is 11.0. The molecule has 0 aromatic heterocycles. The number of piperidine rings is 1. The van der Waals surface area contributed by atoms with Crippen molar-refractivity contribution >= 4 is 40.7 Å². The standard InChI is InChI=1S/C21H29Cl2N3O2/c22-17-5-6-18(23)19(15-17)24-20(27)9-14-25-12-7-16(8-13-25)21(28)26-10-3-1-2-4-11-26/h5-6,15-16H,1-4,7-14H2,(H,24,27). The highest BCUT2D eigenvalue weighted by Crippen LogP contribution is 2.26. The van der Waals surface area contributed by atoms with Gasteiger partial charge in [0.25, 0.3) is 0 Å². The Morgan fingerprint density at radius 2 is 1.68 bits per heavy atom. The number of benzene rings is 1. The lowest BCUT2D eigenvalue weighted by Crippen LogP contribution is -2.43. The van der Waals surface area contributed by atoms with Crippen LogP contribution in [0.1, 0.15) is 44.9 Å². The maximum atomic E-state index is 12.8. The van der Waals surface area contributed by atoms with Crippen molar-refractivity contribution < 1.29 is 9.59 Å². The Morgan fingerprint density at radius 3 is 2.36 bits per heavy atom. The summed E-state index contributed by atoms with van der Waals surface area (Å²) in [5.41, 5.74) is 0.543. The van der Waals surface area contributed by atoms with Gasteiger partial charge in [-0.25, -0.2) is 0 Å². The number of carbonyl (C=O) groups is 2. The van der Waals surface area contributed by atoms with Crippen LogP contribution >= 0.6 is 23.2 Å². The smallest absolute Gasteiger partial charge is 0.225 e. The lowest BCUT2D eigenvalue weighted by molar-refractivity contribution is -0.137. The van der Waals surface area contributed by atoms with Crippen LogP contribution in [0.25, 0.3) is 0 Å². The number of nitrogens with zero attached hydrogens (tertiary/aromatic N) is 2. The van der Waals surface area contributed by atoms with Gasteiger partial charge in [-0.3, -0.25) is 9.59 Å². The quantitative estimate of drug-likeness (QED) is 0.758. The van der Waals surface area contributed by atoms with Crippen LogP contribution in [0.5, 0.6) is 0 Å². The zero-order valence-corrected chi connectivity index (χ0v) is 17.8. The number of likely N-dealkylation sites (tertiary alicyclic amines) is 2. The van der Waals surface area contributed by atoms with Crippen molar-refractivity contribution in [3.8, 4) is 0 Å². The van der Waals surface area contributed by atoms with Gasteiger partial charge in [-0.15, -0.1) is 0 Å². The number of nitrogens with one attached hydrogen (secondary N) is 1.